The average Bonchev–Trinajstić information content (AvgIpc) is 1.94. The van der Waals surface area contributed by atoms with Gasteiger partial charge >= 0.3 is 0 Å². The summed E-state index contributed by atoms with van der Waals surface area (Å²) in [5.41, 5.74) is 1.25. The van der Waals surface area contributed by atoms with Gasteiger partial charge < -0.3 is 4.90 Å². The first kappa shape index (κ1) is 8.77. The van der Waals surface area contributed by atoms with Crippen molar-refractivity contribution >= 4 is 28.4 Å². The highest BCUT2D eigenvalue weighted by molar-refractivity contribution is 14.1. The molecule has 0 atom stereocenters. The van der Waals surface area contributed by atoms with E-state index in [9.17, 15) is 0 Å². The monoisotopic (exact) mass is 262 g/mol. The topological polar surface area (TPSA) is 16.1 Å². The van der Waals surface area contributed by atoms with Crippen LogP contribution in [0.15, 0.2) is 12.3 Å². The van der Waals surface area contributed by atoms with Crippen molar-refractivity contribution in [1.29, 1.82) is 0 Å². The van der Waals surface area contributed by atoms with Gasteiger partial charge in [-0.25, -0.2) is 4.98 Å². The van der Waals surface area contributed by atoms with Gasteiger partial charge in [0.05, 0.1) is 0 Å². The molecule has 0 bridgehead atoms. The van der Waals surface area contributed by atoms with E-state index >= 15 is 0 Å². The highest BCUT2D eigenvalue weighted by atomic mass is 127. The summed E-state index contributed by atoms with van der Waals surface area (Å²) in [5.74, 6) is 1.05. The first-order valence-corrected chi connectivity index (χ1v) is 4.49. The normalized spacial score (nSPS) is 9.82. The van der Waals surface area contributed by atoms with E-state index in [4.69, 9.17) is 0 Å². The van der Waals surface area contributed by atoms with Gasteiger partial charge in [0.25, 0.3) is 0 Å². The maximum Gasteiger partial charge on any atom is 0.131 e. The van der Waals surface area contributed by atoms with Crippen molar-refractivity contribution in [2.45, 2.75) is 6.92 Å². The van der Waals surface area contributed by atoms with Gasteiger partial charge in [-0.05, 0) is 35.6 Å². The Morgan fingerprint density at radius 1 is 1.45 bits per heavy atom. The van der Waals surface area contributed by atoms with E-state index < -0.39 is 0 Å². The van der Waals surface area contributed by atoms with Crippen molar-refractivity contribution < 1.29 is 0 Å². The van der Waals surface area contributed by atoms with Crippen LogP contribution in [0.1, 0.15) is 5.56 Å². The first-order valence-electron chi connectivity index (χ1n) is 3.41. The third-order valence-corrected chi connectivity index (χ3v) is 2.70. The maximum absolute atomic E-state index is 4.26. The minimum Gasteiger partial charge on any atom is -0.362 e. The van der Waals surface area contributed by atoms with Gasteiger partial charge in [0, 0.05) is 29.4 Å². The summed E-state index contributed by atoms with van der Waals surface area (Å²) in [4.78, 5) is 6.29. The molecule has 1 aromatic rings. The molecule has 60 valence electrons. The largest absolute Gasteiger partial charge is 0.362 e. The van der Waals surface area contributed by atoms with Gasteiger partial charge in [0.2, 0.25) is 0 Å². The molecule has 0 radical (unpaired) electrons. The maximum atomic E-state index is 4.26. The molecule has 0 fully saturated rings. The standard InChI is InChI=1S/C8H11IN2/c1-6-7(9)4-5-10-8(6)11(2)3/h4-5H,1-3H3. The van der Waals surface area contributed by atoms with Crippen molar-refractivity contribution in [2.75, 3.05) is 19.0 Å². The van der Waals surface area contributed by atoms with Crippen LogP contribution < -0.4 is 4.90 Å². The molecule has 0 aliphatic heterocycles. The molecule has 1 aromatic heterocycles. The van der Waals surface area contributed by atoms with Crippen LogP contribution in [0.4, 0.5) is 5.82 Å². The third-order valence-electron chi connectivity index (χ3n) is 1.53. The minimum absolute atomic E-state index is 1.05. The number of anilines is 1. The molecule has 0 spiro atoms. The fraction of sp³-hybridized carbons (Fsp3) is 0.375. The van der Waals surface area contributed by atoms with Gasteiger partial charge in [-0.2, -0.15) is 0 Å². The molecule has 1 rings (SSSR count). The number of aromatic nitrogens is 1. The lowest BCUT2D eigenvalue weighted by atomic mass is 10.3. The Bertz CT molecular complexity index is 258. The van der Waals surface area contributed by atoms with Crippen LogP contribution in [0.3, 0.4) is 0 Å². The molecule has 0 saturated heterocycles. The summed E-state index contributed by atoms with van der Waals surface area (Å²) < 4.78 is 1.27. The van der Waals surface area contributed by atoms with Crippen LogP contribution >= 0.6 is 22.6 Å². The molecular weight excluding hydrogens is 251 g/mol. The second kappa shape index (κ2) is 3.38. The van der Waals surface area contributed by atoms with E-state index in [-0.39, 0.29) is 0 Å². The van der Waals surface area contributed by atoms with Crippen LogP contribution in [-0.2, 0) is 0 Å². The summed E-state index contributed by atoms with van der Waals surface area (Å²) in [6.07, 6.45) is 1.84. The van der Waals surface area contributed by atoms with Crippen LogP contribution in [0.2, 0.25) is 0 Å². The van der Waals surface area contributed by atoms with Gasteiger partial charge in [-0.15, -0.1) is 0 Å². The highest BCUT2D eigenvalue weighted by Crippen LogP contribution is 2.18. The Labute approximate surface area is 80.8 Å². The Hall–Kier alpha value is -0.320. The van der Waals surface area contributed by atoms with Gasteiger partial charge in [0.1, 0.15) is 5.82 Å². The molecule has 1 heterocycles. The van der Waals surface area contributed by atoms with Gasteiger partial charge in [-0.1, -0.05) is 0 Å². The van der Waals surface area contributed by atoms with Crippen molar-refractivity contribution in [2.24, 2.45) is 0 Å². The van der Waals surface area contributed by atoms with Crippen molar-refractivity contribution in [1.82, 2.24) is 4.98 Å². The minimum atomic E-state index is 1.05. The molecule has 0 aromatic carbocycles. The number of hydrogen-bond acceptors (Lipinski definition) is 2. The molecule has 0 aliphatic rings. The summed E-state index contributed by atoms with van der Waals surface area (Å²) >= 11 is 2.32. The fourth-order valence-corrected chi connectivity index (χ4v) is 1.35. The zero-order chi connectivity index (χ0) is 8.43. The zero-order valence-electron chi connectivity index (χ0n) is 6.93. The lowest BCUT2D eigenvalue weighted by Crippen LogP contribution is -2.12. The molecule has 2 nitrogen and oxygen atoms in total. The predicted octanol–water partition coefficient (Wildman–Crippen LogP) is 2.06. The van der Waals surface area contributed by atoms with E-state index in [1.807, 2.05) is 31.3 Å². The van der Waals surface area contributed by atoms with Crippen molar-refractivity contribution in [3.05, 3.63) is 21.4 Å². The third kappa shape index (κ3) is 1.83. The Morgan fingerprint density at radius 2 is 2.09 bits per heavy atom. The quantitative estimate of drug-likeness (QED) is 0.720. The molecule has 3 heteroatoms. The molecule has 0 saturated carbocycles. The molecule has 0 unspecified atom stereocenters. The predicted molar refractivity (Wildman–Crippen MR) is 56.0 cm³/mol. The molecule has 11 heavy (non-hydrogen) atoms. The molecular formula is C8H11IN2. The molecule has 0 aliphatic carbocycles. The van der Waals surface area contributed by atoms with Gasteiger partial charge in [0.15, 0.2) is 0 Å². The van der Waals surface area contributed by atoms with Crippen LogP contribution in [0.5, 0.6) is 0 Å². The number of nitrogens with zero attached hydrogens (tertiary/aromatic N) is 2. The van der Waals surface area contributed by atoms with Crippen LogP contribution in [0, 0.1) is 10.5 Å². The lowest BCUT2D eigenvalue weighted by Gasteiger charge is -2.14. The van der Waals surface area contributed by atoms with E-state index in [1.54, 1.807) is 0 Å². The van der Waals surface area contributed by atoms with Crippen LogP contribution in [0.25, 0.3) is 0 Å². The highest BCUT2D eigenvalue weighted by Gasteiger charge is 2.03. The summed E-state index contributed by atoms with van der Waals surface area (Å²) in [5, 5.41) is 0. The van der Waals surface area contributed by atoms with Crippen molar-refractivity contribution in [3.8, 4) is 0 Å². The van der Waals surface area contributed by atoms with E-state index in [2.05, 4.69) is 34.5 Å². The number of rotatable bonds is 1. The lowest BCUT2D eigenvalue weighted by molar-refractivity contribution is 1.04. The number of hydrogen-bond donors (Lipinski definition) is 0. The van der Waals surface area contributed by atoms with E-state index in [0.29, 0.717) is 0 Å². The van der Waals surface area contributed by atoms with Gasteiger partial charge in [-0.3, -0.25) is 0 Å². The number of pyridine rings is 1. The van der Waals surface area contributed by atoms with Crippen molar-refractivity contribution in [3.63, 3.8) is 0 Å². The average molecular weight is 262 g/mol. The second-order valence-corrected chi connectivity index (χ2v) is 3.80. The first-order chi connectivity index (χ1) is 5.13. The second-order valence-electron chi connectivity index (χ2n) is 2.64. The van der Waals surface area contributed by atoms with E-state index in [0.717, 1.165) is 5.82 Å². The SMILES string of the molecule is Cc1c(I)ccnc1N(C)C. The smallest absolute Gasteiger partial charge is 0.131 e. The number of halogens is 1. The Morgan fingerprint density at radius 3 is 2.55 bits per heavy atom. The Balaban J connectivity index is 3.17. The summed E-state index contributed by atoms with van der Waals surface area (Å²) in [6.45, 7) is 2.09. The molecule has 0 amide bonds. The summed E-state index contributed by atoms with van der Waals surface area (Å²) in [7, 11) is 4.01. The zero-order valence-corrected chi connectivity index (χ0v) is 9.08. The molecule has 0 N–H and O–H groups in total. The summed E-state index contributed by atoms with van der Waals surface area (Å²) in [6, 6.07) is 2.02. The van der Waals surface area contributed by atoms with Crippen LogP contribution in [-0.4, -0.2) is 19.1 Å². The fourth-order valence-electron chi connectivity index (χ4n) is 0.953. The Kier molecular flexibility index (Phi) is 2.70. The van der Waals surface area contributed by atoms with E-state index in [1.165, 1.54) is 9.13 Å².